The van der Waals surface area contributed by atoms with Gasteiger partial charge in [-0.2, -0.15) is 0 Å². The van der Waals surface area contributed by atoms with Gasteiger partial charge in [0.05, 0.1) is 22.6 Å². The molecule has 1 aromatic heterocycles. The summed E-state index contributed by atoms with van der Waals surface area (Å²) in [4.78, 5) is 18.1. The minimum Gasteiger partial charge on any atom is -0.351 e. The van der Waals surface area contributed by atoms with E-state index in [-0.39, 0.29) is 19.0 Å². The minimum atomic E-state index is -2.38. The maximum Gasteiger partial charge on any atom is 0.253 e. The molecule has 0 aliphatic rings. The van der Waals surface area contributed by atoms with Crippen LogP contribution in [0.4, 0.5) is 8.78 Å². The maximum atomic E-state index is 12.4. The Morgan fingerprint density at radius 2 is 2.17 bits per heavy atom. The number of pyridine rings is 1. The van der Waals surface area contributed by atoms with E-state index in [2.05, 4.69) is 10.3 Å². The molecule has 1 aromatic carbocycles. The molecule has 0 fully saturated rings. The number of nitrogens with zero attached hydrogens (tertiary/aromatic N) is 2. The molecule has 23 heavy (non-hydrogen) atoms. The van der Waals surface area contributed by atoms with Crippen molar-refractivity contribution >= 4 is 28.4 Å². The third-order valence-corrected chi connectivity index (χ3v) is 3.85. The molecule has 0 aliphatic heterocycles. The lowest BCUT2D eigenvalue weighted by molar-refractivity contribution is 0.0873. The zero-order valence-electron chi connectivity index (χ0n) is 12.7. The van der Waals surface area contributed by atoms with Crippen molar-refractivity contribution in [2.75, 3.05) is 26.2 Å². The van der Waals surface area contributed by atoms with Gasteiger partial charge in [0.25, 0.3) is 12.3 Å². The number of aromatic nitrogens is 1. The molecule has 0 unspecified atom stereocenters. The van der Waals surface area contributed by atoms with Gasteiger partial charge >= 0.3 is 0 Å². The van der Waals surface area contributed by atoms with Gasteiger partial charge in [0.1, 0.15) is 0 Å². The number of halogens is 3. The van der Waals surface area contributed by atoms with Crippen LogP contribution in [0.2, 0.25) is 5.02 Å². The quantitative estimate of drug-likeness (QED) is 0.841. The van der Waals surface area contributed by atoms with E-state index in [0.29, 0.717) is 34.6 Å². The van der Waals surface area contributed by atoms with E-state index in [1.165, 1.54) is 0 Å². The fourth-order valence-corrected chi connectivity index (χ4v) is 2.53. The van der Waals surface area contributed by atoms with Gasteiger partial charge in [-0.3, -0.25) is 14.7 Å². The molecular weight excluding hydrogens is 324 g/mol. The summed E-state index contributed by atoms with van der Waals surface area (Å²) in [6.07, 6.45) is -0.785. The Hall–Kier alpha value is -1.79. The molecule has 124 valence electrons. The van der Waals surface area contributed by atoms with Crippen LogP contribution in [0.25, 0.3) is 10.9 Å². The van der Waals surface area contributed by atoms with E-state index in [0.717, 1.165) is 0 Å². The molecule has 1 amide bonds. The summed E-state index contributed by atoms with van der Waals surface area (Å²) >= 11 is 6.10. The second kappa shape index (κ2) is 8.17. The number of benzene rings is 1. The van der Waals surface area contributed by atoms with E-state index in [1.54, 1.807) is 42.3 Å². The van der Waals surface area contributed by atoms with Gasteiger partial charge in [-0.1, -0.05) is 18.5 Å². The van der Waals surface area contributed by atoms with Crippen LogP contribution < -0.4 is 5.32 Å². The molecule has 4 nitrogen and oxygen atoms in total. The van der Waals surface area contributed by atoms with Crippen molar-refractivity contribution in [2.45, 2.75) is 13.3 Å². The monoisotopic (exact) mass is 341 g/mol. The summed E-state index contributed by atoms with van der Waals surface area (Å²) in [5.41, 5.74) is 0.944. The van der Waals surface area contributed by atoms with E-state index in [9.17, 15) is 13.6 Å². The number of carbonyl (C=O) groups is 1. The number of nitrogens with one attached hydrogen (secondary N) is 1. The third kappa shape index (κ3) is 4.59. The first-order valence-electron chi connectivity index (χ1n) is 7.34. The number of hydrogen-bond donors (Lipinski definition) is 1. The third-order valence-electron chi connectivity index (χ3n) is 3.52. The van der Waals surface area contributed by atoms with Crippen molar-refractivity contribution in [1.82, 2.24) is 15.2 Å². The Balaban J connectivity index is 2.03. The van der Waals surface area contributed by atoms with Crippen LogP contribution in [-0.4, -0.2) is 48.4 Å². The average Bonchev–Trinajstić information content (AvgIpc) is 2.54. The SMILES string of the molecule is CCN(CCNC(=O)c1ccc(Cl)c2cccnc12)CC(F)F. The molecule has 2 aromatic rings. The number of amides is 1. The molecule has 0 atom stereocenters. The lowest BCUT2D eigenvalue weighted by Crippen LogP contribution is -2.37. The fraction of sp³-hybridized carbons (Fsp3) is 0.375. The fourth-order valence-electron chi connectivity index (χ4n) is 2.32. The van der Waals surface area contributed by atoms with Gasteiger partial charge < -0.3 is 5.32 Å². The summed E-state index contributed by atoms with van der Waals surface area (Å²) < 4.78 is 24.8. The van der Waals surface area contributed by atoms with Crippen LogP contribution in [0, 0.1) is 0 Å². The first kappa shape index (κ1) is 17.6. The van der Waals surface area contributed by atoms with Crippen molar-refractivity contribution in [3.8, 4) is 0 Å². The highest BCUT2D eigenvalue weighted by Crippen LogP contribution is 2.24. The predicted octanol–water partition coefficient (Wildman–Crippen LogP) is 3.21. The zero-order valence-corrected chi connectivity index (χ0v) is 13.5. The van der Waals surface area contributed by atoms with Gasteiger partial charge in [0.15, 0.2) is 0 Å². The summed E-state index contributed by atoms with van der Waals surface area (Å²) in [6, 6.07) is 6.81. The van der Waals surface area contributed by atoms with Crippen molar-refractivity contribution in [2.24, 2.45) is 0 Å². The summed E-state index contributed by atoms with van der Waals surface area (Å²) in [6.45, 7) is 2.67. The van der Waals surface area contributed by atoms with E-state index in [1.807, 2.05) is 0 Å². The van der Waals surface area contributed by atoms with Crippen LogP contribution >= 0.6 is 11.6 Å². The summed E-state index contributed by atoms with van der Waals surface area (Å²) in [5, 5.41) is 3.97. The lowest BCUT2D eigenvalue weighted by Gasteiger charge is -2.19. The highest BCUT2D eigenvalue weighted by Gasteiger charge is 2.14. The number of fused-ring (bicyclic) bond motifs is 1. The highest BCUT2D eigenvalue weighted by molar-refractivity contribution is 6.36. The molecule has 0 bridgehead atoms. The van der Waals surface area contributed by atoms with E-state index < -0.39 is 6.43 Å². The zero-order chi connectivity index (χ0) is 16.8. The van der Waals surface area contributed by atoms with E-state index in [4.69, 9.17) is 11.6 Å². The van der Waals surface area contributed by atoms with E-state index >= 15 is 0 Å². The Morgan fingerprint density at radius 1 is 1.39 bits per heavy atom. The topological polar surface area (TPSA) is 45.2 Å². The van der Waals surface area contributed by atoms with Crippen LogP contribution in [0.15, 0.2) is 30.5 Å². The Bertz CT molecular complexity index is 681. The van der Waals surface area contributed by atoms with Crippen molar-refractivity contribution < 1.29 is 13.6 Å². The molecule has 0 spiro atoms. The van der Waals surface area contributed by atoms with Crippen LogP contribution in [0.1, 0.15) is 17.3 Å². The van der Waals surface area contributed by atoms with Gasteiger partial charge in [0.2, 0.25) is 0 Å². The Labute approximate surface area is 138 Å². The molecule has 1 heterocycles. The smallest absolute Gasteiger partial charge is 0.253 e. The highest BCUT2D eigenvalue weighted by atomic mass is 35.5. The molecule has 0 saturated heterocycles. The average molecular weight is 342 g/mol. The van der Waals surface area contributed by atoms with Crippen LogP contribution in [-0.2, 0) is 0 Å². The minimum absolute atomic E-state index is 0.288. The van der Waals surface area contributed by atoms with Gasteiger partial charge in [0, 0.05) is 24.7 Å². The van der Waals surface area contributed by atoms with Crippen molar-refractivity contribution in [1.29, 1.82) is 0 Å². The van der Waals surface area contributed by atoms with Gasteiger partial charge in [-0.05, 0) is 30.8 Å². The number of rotatable bonds is 7. The van der Waals surface area contributed by atoms with Crippen LogP contribution in [0.3, 0.4) is 0 Å². The first-order valence-corrected chi connectivity index (χ1v) is 7.72. The normalized spacial score (nSPS) is 11.4. The predicted molar refractivity (Wildman–Crippen MR) is 87.2 cm³/mol. The van der Waals surface area contributed by atoms with Gasteiger partial charge in [-0.15, -0.1) is 0 Å². The molecule has 2 rings (SSSR count). The van der Waals surface area contributed by atoms with Crippen LogP contribution in [0.5, 0.6) is 0 Å². The van der Waals surface area contributed by atoms with Gasteiger partial charge in [-0.25, -0.2) is 8.78 Å². The number of likely N-dealkylation sites (N-methyl/N-ethyl adjacent to an activating group) is 1. The second-order valence-corrected chi connectivity index (χ2v) is 5.44. The molecule has 1 N–H and O–H groups in total. The maximum absolute atomic E-state index is 12.4. The Kier molecular flexibility index (Phi) is 6.24. The number of alkyl halides is 2. The van der Waals surface area contributed by atoms with Crippen molar-refractivity contribution in [3.63, 3.8) is 0 Å². The standard InChI is InChI=1S/C16H18ClF2N3O/c1-2-22(10-14(18)19)9-8-21-16(23)12-5-6-13(17)11-4-3-7-20-15(11)12/h3-7,14H,2,8-10H2,1H3,(H,21,23). The lowest BCUT2D eigenvalue weighted by atomic mass is 10.1. The largest absolute Gasteiger partial charge is 0.351 e. The molecular formula is C16H18ClF2N3O. The summed E-state index contributed by atoms with van der Waals surface area (Å²) in [5.74, 6) is -0.293. The first-order chi connectivity index (χ1) is 11.0. The Morgan fingerprint density at radius 3 is 2.87 bits per heavy atom. The van der Waals surface area contributed by atoms with Crippen molar-refractivity contribution in [3.05, 3.63) is 41.0 Å². The second-order valence-electron chi connectivity index (χ2n) is 5.03. The molecule has 0 saturated carbocycles. The molecule has 0 aliphatic carbocycles. The molecule has 7 heteroatoms. The number of hydrogen-bond acceptors (Lipinski definition) is 3. The molecule has 0 radical (unpaired) electrons. The number of carbonyl (C=O) groups excluding carboxylic acids is 1. The summed E-state index contributed by atoms with van der Waals surface area (Å²) in [7, 11) is 0.